The molecule has 1 aliphatic heterocycles. The van der Waals surface area contributed by atoms with E-state index >= 15 is 0 Å². The first kappa shape index (κ1) is 18.8. The van der Waals surface area contributed by atoms with Gasteiger partial charge in [-0.05, 0) is 55.8 Å². The number of amides is 1. The number of carbonyl (C=O) groups excluding carboxylic acids is 2. The third kappa shape index (κ3) is 3.73. The molecule has 0 saturated heterocycles. The highest BCUT2D eigenvalue weighted by Crippen LogP contribution is 2.17. The maximum Gasteiger partial charge on any atom is 0.338 e. The van der Waals surface area contributed by atoms with Gasteiger partial charge in [-0.25, -0.2) is 14.2 Å². The van der Waals surface area contributed by atoms with Crippen molar-refractivity contribution < 1.29 is 18.7 Å². The fourth-order valence-electron chi connectivity index (χ4n) is 3.27. The SMILES string of the molecule is C[C@@H](OC(=O)c1ccc2c(=O)n3c(nc2c1)CCC3)C(=O)Nc1ccc(F)cc1. The maximum absolute atomic E-state index is 12.9. The summed E-state index contributed by atoms with van der Waals surface area (Å²) in [6.07, 6.45) is 0.524. The number of aryl methyl sites for hydroxylation is 1. The number of esters is 1. The quantitative estimate of drug-likeness (QED) is 0.686. The van der Waals surface area contributed by atoms with Crippen molar-refractivity contribution in [2.75, 3.05) is 5.32 Å². The van der Waals surface area contributed by atoms with Crippen molar-refractivity contribution in [1.82, 2.24) is 9.55 Å². The molecular weight excluding hydrogens is 377 g/mol. The second-order valence-electron chi connectivity index (χ2n) is 6.86. The highest BCUT2D eigenvalue weighted by atomic mass is 19.1. The summed E-state index contributed by atoms with van der Waals surface area (Å²) < 4.78 is 19.8. The predicted molar refractivity (Wildman–Crippen MR) is 104 cm³/mol. The molecule has 8 heteroatoms. The van der Waals surface area contributed by atoms with E-state index in [0.29, 0.717) is 29.0 Å². The molecule has 2 heterocycles. The number of rotatable bonds is 4. The molecule has 0 unspecified atom stereocenters. The summed E-state index contributed by atoms with van der Waals surface area (Å²) in [5.41, 5.74) is 0.910. The van der Waals surface area contributed by atoms with Crippen LogP contribution in [0.5, 0.6) is 0 Å². The summed E-state index contributed by atoms with van der Waals surface area (Å²) in [5.74, 6) is -0.950. The number of nitrogens with zero attached hydrogens (tertiary/aromatic N) is 2. The Morgan fingerprint density at radius 1 is 1.21 bits per heavy atom. The normalized spacial score (nSPS) is 13.7. The molecule has 3 aromatic rings. The number of aromatic nitrogens is 2. The molecule has 7 nitrogen and oxygen atoms in total. The lowest BCUT2D eigenvalue weighted by molar-refractivity contribution is -0.123. The molecule has 1 aromatic heterocycles. The van der Waals surface area contributed by atoms with Crippen LogP contribution in [-0.4, -0.2) is 27.5 Å². The average Bonchev–Trinajstić information content (AvgIpc) is 3.18. The summed E-state index contributed by atoms with van der Waals surface area (Å²) in [6.45, 7) is 2.09. The Balaban J connectivity index is 1.49. The topological polar surface area (TPSA) is 90.3 Å². The van der Waals surface area contributed by atoms with E-state index in [0.717, 1.165) is 12.8 Å². The zero-order chi connectivity index (χ0) is 20.5. The van der Waals surface area contributed by atoms with E-state index in [1.165, 1.54) is 43.3 Å². The molecule has 1 N–H and O–H groups in total. The molecule has 1 amide bonds. The van der Waals surface area contributed by atoms with Crippen LogP contribution in [-0.2, 0) is 22.5 Å². The van der Waals surface area contributed by atoms with Crippen LogP contribution in [0, 0.1) is 5.82 Å². The molecule has 0 saturated carbocycles. The minimum atomic E-state index is -1.07. The second kappa shape index (κ2) is 7.46. The summed E-state index contributed by atoms with van der Waals surface area (Å²) in [5, 5.41) is 2.99. The molecule has 1 aliphatic rings. The van der Waals surface area contributed by atoms with Crippen LogP contribution in [0.4, 0.5) is 10.1 Å². The molecule has 0 spiro atoms. The van der Waals surface area contributed by atoms with Gasteiger partial charge in [-0.2, -0.15) is 0 Å². The number of carbonyl (C=O) groups is 2. The largest absolute Gasteiger partial charge is 0.449 e. The van der Waals surface area contributed by atoms with E-state index in [4.69, 9.17) is 4.74 Å². The van der Waals surface area contributed by atoms with Crippen molar-refractivity contribution in [3.05, 3.63) is 70.0 Å². The molecule has 2 aromatic carbocycles. The Hall–Kier alpha value is -3.55. The van der Waals surface area contributed by atoms with Crippen LogP contribution in [0.2, 0.25) is 0 Å². The van der Waals surface area contributed by atoms with Crippen LogP contribution in [0.25, 0.3) is 10.9 Å². The minimum Gasteiger partial charge on any atom is -0.449 e. The summed E-state index contributed by atoms with van der Waals surface area (Å²) >= 11 is 0. The van der Waals surface area contributed by atoms with Gasteiger partial charge in [-0.3, -0.25) is 14.2 Å². The monoisotopic (exact) mass is 395 g/mol. The highest BCUT2D eigenvalue weighted by Gasteiger charge is 2.21. The number of benzene rings is 2. The standard InChI is InChI=1S/C21H18FN3O4/c1-12(19(26)23-15-7-5-14(22)6-8-15)29-21(28)13-4-9-16-17(11-13)24-18-3-2-10-25(18)20(16)27/h4-9,11-12H,2-3,10H2,1H3,(H,23,26)/t12-/m1/s1. The van der Waals surface area contributed by atoms with E-state index in [9.17, 15) is 18.8 Å². The van der Waals surface area contributed by atoms with Gasteiger partial charge in [0.05, 0.1) is 16.5 Å². The molecular formula is C21H18FN3O4. The van der Waals surface area contributed by atoms with E-state index < -0.39 is 23.8 Å². The molecule has 0 bridgehead atoms. The third-order valence-corrected chi connectivity index (χ3v) is 4.82. The van der Waals surface area contributed by atoms with Crippen LogP contribution in [0.15, 0.2) is 47.3 Å². The van der Waals surface area contributed by atoms with Crippen molar-refractivity contribution in [1.29, 1.82) is 0 Å². The maximum atomic E-state index is 12.9. The van der Waals surface area contributed by atoms with E-state index in [1.807, 2.05) is 0 Å². The molecule has 1 atom stereocenters. The number of halogens is 1. The van der Waals surface area contributed by atoms with Crippen molar-refractivity contribution in [2.45, 2.75) is 32.4 Å². The van der Waals surface area contributed by atoms with Gasteiger partial charge in [0, 0.05) is 18.7 Å². The van der Waals surface area contributed by atoms with E-state index in [2.05, 4.69) is 10.3 Å². The average molecular weight is 395 g/mol. The third-order valence-electron chi connectivity index (χ3n) is 4.82. The van der Waals surface area contributed by atoms with Gasteiger partial charge in [0.25, 0.3) is 11.5 Å². The van der Waals surface area contributed by atoms with Crippen LogP contribution in [0.3, 0.4) is 0 Å². The van der Waals surface area contributed by atoms with Gasteiger partial charge in [0.2, 0.25) is 0 Å². The number of fused-ring (bicyclic) bond motifs is 2. The van der Waals surface area contributed by atoms with Gasteiger partial charge < -0.3 is 10.1 Å². The van der Waals surface area contributed by atoms with E-state index in [-0.39, 0.29) is 11.1 Å². The number of nitrogens with one attached hydrogen (secondary N) is 1. The number of hydrogen-bond donors (Lipinski definition) is 1. The molecule has 148 valence electrons. The van der Waals surface area contributed by atoms with Crippen molar-refractivity contribution in [2.24, 2.45) is 0 Å². The van der Waals surface area contributed by atoms with Crippen molar-refractivity contribution in [3.63, 3.8) is 0 Å². The minimum absolute atomic E-state index is 0.116. The van der Waals surface area contributed by atoms with Gasteiger partial charge in [0.1, 0.15) is 11.6 Å². The summed E-state index contributed by atoms with van der Waals surface area (Å²) in [7, 11) is 0. The summed E-state index contributed by atoms with van der Waals surface area (Å²) in [4.78, 5) is 41.6. The summed E-state index contributed by atoms with van der Waals surface area (Å²) in [6, 6.07) is 9.79. The first-order chi connectivity index (χ1) is 13.9. The number of anilines is 1. The fourth-order valence-corrected chi connectivity index (χ4v) is 3.27. The molecule has 0 aliphatic carbocycles. The molecule has 0 fully saturated rings. The van der Waals surface area contributed by atoms with Gasteiger partial charge in [-0.1, -0.05) is 0 Å². The lowest BCUT2D eigenvalue weighted by Crippen LogP contribution is -2.30. The lowest BCUT2D eigenvalue weighted by Gasteiger charge is -2.14. The smallest absolute Gasteiger partial charge is 0.338 e. The Labute approximate surface area is 165 Å². The van der Waals surface area contributed by atoms with Crippen LogP contribution in [0.1, 0.15) is 29.5 Å². The lowest BCUT2D eigenvalue weighted by atomic mass is 10.1. The Morgan fingerprint density at radius 3 is 2.72 bits per heavy atom. The molecule has 4 rings (SSSR count). The van der Waals surface area contributed by atoms with Gasteiger partial charge in [0.15, 0.2) is 6.10 Å². The number of ether oxygens (including phenoxy) is 1. The van der Waals surface area contributed by atoms with Crippen molar-refractivity contribution >= 4 is 28.5 Å². The number of hydrogen-bond acceptors (Lipinski definition) is 5. The predicted octanol–water partition coefficient (Wildman–Crippen LogP) is 2.67. The van der Waals surface area contributed by atoms with Crippen molar-refractivity contribution in [3.8, 4) is 0 Å². The Kier molecular flexibility index (Phi) is 4.84. The fraction of sp³-hybridized carbons (Fsp3) is 0.238. The van der Waals surface area contributed by atoms with Gasteiger partial charge >= 0.3 is 5.97 Å². The highest BCUT2D eigenvalue weighted by molar-refractivity contribution is 5.98. The van der Waals surface area contributed by atoms with E-state index in [1.54, 1.807) is 10.6 Å². The Morgan fingerprint density at radius 2 is 1.97 bits per heavy atom. The van der Waals surface area contributed by atoms with Crippen LogP contribution >= 0.6 is 0 Å². The van der Waals surface area contributed by atoms with Gasteiger partial charge in [-0.15, -0.1) is 0 Å². The van der Waals surface area contributed by atoms with Crippen LogP contribution < -0.4 is 10.9 Å². The molecule has 0 radical (unpaired) electrons. The first-order valence-corrected chi connectivity index (χ1v) is 9.23. The first-order valence-electron chi connectivity index (χ1n) is 9.23. The Bertz CT molecular complexity index is 1170. The zero-order valence-electron chi connectivity index (χ0n) is 15.6. The zero-order valence-corrected chi connectivity index (χ0v) is 15.6. The molecule has 29 heavy (non-hydrogen) atoms. The second-order valence-corrected chi connectivity index (χ2v) is 6.86.